The van der Waals surface area contributed by atoms with E-state index in [1.165, 1.54) is 27.8 Å². The minimum atomic E-state index is -0.513. The van der Waals surface area contributed by atoms with E-state index in [4.69, 9.17) is 9.98 Å². The number of phenolic OH excluding ortho intramolecular Hbond substituents is 2. The van der Waals surface area contributed by atoms with Crippen LogP contribution >= 0.6 is 0 Å². The molecule has 9 rings (SSSR count). The first-order valence-electron chi connectivity index (χ1n) is 15.0. The van der Waals surface area contributed by atoms with E-state index in [-0.39, 0.29) is 32.6 Å². The van der Waals surface area contributed by atoms with E-state index in [9.17, 15) is 10.2 Å². The number of fused-ring (bicyclic) bond motifs is 11. The van der Waals surface area contributed by atoms with Crippen molar-refractivity contribution < 1.29 is 31.3 Å². The number of hydrogen-bond donors (Lipinski definition) is 2. The molecule has 0 fully saturated rings. The van der Waals surface area contributed by atoms with Gasteiger partial charge >= 0.3 is 0 Å². The molecule has 0 radical (unpaired) electrons. The Kier molecular flexibility index (Phi) is 6.52. The molecule has 222 valence electrons. The van der Waals surface area contributed by atoms with Crippen molar-refractivity contribution >= 4 is 22.7 Å². The average molecular weight is 774 g/mol. The topological polar surface area (TPSA) is 65.7 Å². The van der Waals surface area contributed by atoms with E-state index in [0.29, 0.717) is 28.0 Å². The smallest absolute Gasteiger partial charge is 0.125 e. The fourth-order valence-electron chi connectivity index (χ4n) is 7.55. The van der Waals surface area contributed by atoms with Gasteiger partial charge in [-0.1, -0.05) is 103 Å². The normalized spacial score (nSPS) is 13.3. The summed E-state index contributed by atoms with van der Waals surface area (Å²) in [7, 11) is 0. The predicted molar refractivity (Wildman–Crippen MR) is 181 cm³/mol. The Morgan fingerprint density at radius 1 is 0.522 bits per heavy atom. The maximum Gasteiger partial charge on any atom is 0.125 e. The van der Waals surface area contributed by atoms with E-state index in [1.54, 1.807) is 12.3 Å². The van der Waals surface area contributed by atoms with Crippen LogP contribution in [0.15, 0.2) is 145 Å². The van der Waals surface area contributed by atoms with Gasteiger partial charge in [-0.15, -0.1) is 0 Å². The maximum absolute atomic E-state index is 11.7. The average Bonchev–Trinajstić information content (AvgIpc) is 3.54. The van der Waals surface area contributed by atoms with Crippen molar-refractivity contribution in [1.82, 2.24) is 4.98 Å². The van der Waals surface area contributed by atoms with Gasteiger partial charge in [-0.05, 0) is 86.3 Å². The minimum absolute atomic E-state index is 0. The number of hydrogen-bond acceptors (Lipinski definition) is 4. The zero-order valence-corrected chi connectivity index (χ0v) is 26.7. The van der Waals surface area contributed by atoms with Crippen LogP contribution in [-0.4, -0.2) is 21.4 Å². The molecule has 0 bridgehead atoms. The monoisotopic (exact) mass is 773 g/mol. The third kappa shape index (κ3) is 3.90. The van der Waals surface area contributed by atoms with Crippen LogP contribution in [0.1, 0.15) is 27.9 Å². The summed E-state index contributed by atoms with van der Waals surface area (Å²) in [5.41, 5.74) is 11.6. The summed E-state index contributed by atoms with van der Waals surface area (Å²) in [6, 6.07) is 46.9. The van der Waals surface area contributed by atoms with Crippen molar-refractivity contribution in [3.05, 3.63) is 167 Å². The second-order valence-electron chi connectivity index (χ2n) is 11.7. The Morgan fingerprint density at radius 2 is 1.11 bits per heavy atom. The Labute approximate surface area is 280 Å². The molecule has 0 amide bonds. The molecular weight excluding hydrogens is 748 g/mol. The Balaban J connectivity index is 0.00000312. The number of phenols is 2. The van der Waals surface area contributed by atoms with Gasteiger partial charge in [-0.25, -0.2) is 4.98 Å². The fourth-order valence-corrected chi connectivity index (χ4v) is 7.55. The van der Waals surface area contributed by atoms with Gasteiger partial charge in [-0.2, -0.15) is 0 Å². The van der Waals surface area contributed by atoms with E-state index in [0.717, 1.165) is 22.1 Å². The van der Waals surface area contributed by atoms with Gasteiger partial charge < -0.3 is 10.2 Å². The summed E-state index contributed by atoms with van der Waals surface area (Å²) in [6.45, 7) is 0. The standard InChI is InChI=1S/C41H26N2O2.Pt/c44-38-21-8-11-25-10-7-20-37(40(25)38)42-24-26-12-9-19-36(43-26)31-22-30-29-15-3-6-18-34(29)41(35(30)23-39(31)45)32-16-4-1-13-27(32)28-14-2-5-17-33(28)41;/h1-24,44-45H;. The van der Waals surface area contributed by atoms with Crippen LogP contribution in [0.3, 0.4) is 0 Å². The summed E-state index contributed by atoms with van der Waals surface area (Å²) in [6.07, 6.45) is 1.70. The molecule has 4 nitrogen and oxygen atoms in total. The summed E-state index contributed by atoms with van der Waals surface area (Å²) >= 11 is 0. The van der Waals surface area contributed by atoms with Crippen LogP contribution in [0.4, 0.5) is 5.69 Å². The third-order valence-electron chi connectivity index (χ3n) is 9.36. The Hall–Kier alpha value is -5.31. The molecule has 1 aromatic heterocycles. The van der Waals surface area contributed by atoms with Gasteiger partial charge in [-0.3, -0.25) is 4.99 Å². The van der Waals surface area contributed by atoms with Gasteiger partial charge in [0, 0.05) is 32.0 Å². The van der Waals surface area contributed by atoms with Crippen LogP contribution in [0.2, 0.25) is 0 Å². The molecule has 2 aliphatic rings. The van der Waals surface area contributed by atoms with Crippen molar-refractivity contribution in [3.63, 3.8) is 0 Å². The third-order valence-corrected chi connectivity index (χ3v) is 9.36. The molecular formula is C41H26N2O2Pt. The van der Waals surface area contributed by atoms with Gasteiger partial charge in [0.1, 0.15) is 11.5 Å². The van der Waals surface area contributed by atoms with Crippen molar-refractivity contribution in [2.45, 2.75) is 5.41 Å². The molecule has 0 saturated heterocycles. The van der Waals surface area contributed by atoms with Gasteiger partial charge in [0.25, 0.3) is 0 Å². The molecule has 1 heterocycles. The maximum atomic E-state index is 11.7. The molecule has 6 aromatic carbocycles. The van der Waals surface area contributed by atoms with Crippen LogP contribution in [0, 0.1) is 0 Å². The van der Waals surface area contributed by atoms with E-state index in [1.807, 2.05) is 54.6 Å². The molecule has 2 N–H and O–H groups in total. The summed E-state index contributed by atoms with van der Waals surface area (Å²) in [4.78, 5) is 9.58. The first-order chi connectivity index (χ1) is 22.1. The molecule has 7 aromatic rings. The number of rotatable bonds is 3. The van der Waals surface area contributed by atoms with Crippen molar-refractivity contribution in [2.75, 3.05) is 0 Å². The van der Waals surface area contributed by atoms with Gasteiger partial charge in [0.2, 0.25) is 0 Å². The second kappa shape index (κ2) is 10.6. The number of nitrogens with zero attached hydrogens (tertiary/aromatic N) is 2. The van der Waals surface area contributed by atoms with Crippen molar-refractivity contribution in [3.8, 4) is 45.0 Å². The van der Waals surface area contributed by atoms with Crippen molar-refractivity contribution in [2.24, 2.45) is 4.99 Å². The summed E-state index contributed by atoms with van der Waals surface area (Å²) < 4.78 is 0. The van der Waals surface area contributed by atoms with Crippen molar-refractivity contribution in [1.29, 1.82) is 0 Å². The molecule has 0 unspecified atom stereocenters. The molecule has 1 spiro atoms. The van der Waals surface area contributed by atoms with Gasteiger partial charge in [0.15, 0.2) is 0 Å². The first-order valence-corrected chi connectivity index (χ1v) is 15.0. The minimum Gasteiger partial charge on any atom is -0.507 e. The molecule has 2 aliphatic carbocycles. The number of aromatic hydroxyl groups is 2. The number of aliphatic imine (C=N–C) groups is 1. The SMILES string of the molecule is Oc1cc2c(cc1-c1cccc(C=Nc3cccc4cccc(O)c34)n1)-c1ccccc1C21c2ccccc2-c2ccccc21.[Pt]. The zero-order chi connectivity index (χ0) is 30.1. The van der Waals surface area contributed by atoms with Crippen LogP contribution in [0.5, 0.6) is 11.5 Å². The molecule has 46 heavy (non-hydrogen) atoms. The van der Waals surface area contributed by atoms with E-state index >= 15 is 0 Å². The molecule has 0 atom stereocenters. The number of benzene rings is 6. The van der Waals surface area contributed by atoms with Crippen LogP contribution < -0.4 is 0 Å². The fraction of sp³-hybridized carbons (Fsp3) is 0.0244. The first kappa shape index (κ1) is 28.2. The van der Waals surface area contributed by atoms with Crippen LogP contribution in [0.25, 0.3) is 44.3 Å². The van der Waals surface area contributed by atoms with Gasteiger partial charge in [0.05, 0.1) is 28.7 Å². The summed E-state index contributed by atoms with van der Waals surface area (Å²) in [5.74, 6) is 0.374. The molecule has 0 saturated carbocycles. The quantitative estimate of drug-likeness (QED) is 0.176. The summed E-state index contributed by atoms with van der Waals surface area (Å²) in [5, 5.41) is 23.8. The number of pyridine rings is 1. The zero-order valence-electron chi connectivity index (χ0n) is 24.5. The molecule has 5 heteroatoms. The second-order valence-corrected chi connectivity index (χ2v) is 11.7. The largest absolute Gasteiger partial charge is 0.507 e. The Bertz CT molecular complexity index is 2330. The van der Waals surface area contributed by atoms with E-state index < -0.39 is 5.41 Å². The van der Waals surface area contributed by atoms with Crippen LogP contribution in [-0.2, 0) is 26.5 Å². The number of aromatic nitrogens is 1. The predicted octanol–water partition coefficient (Wildman–Crippen LogP) is 9.40. The molecule has 0 aliphatic heterocycles. The Morgan fingerprint density at radius 3 is 1.78 bits per heavy atom. The van der Waals surface area contributed by atoms with E-state index in [2.05, 4.69) is 78.9 Å².